The van der Waals surface area contributed by atoms with Crippen LogP contribution in [0.25, 0.3) is 0 Å². The van der Waals surface area contributed by atoms with Gasteiger partial charge in [0.25, 0.3) is 0 Å². The zero-order chi connectivity index (χ0) is 30.0. The van der Waals surface area contributed by atoms with E-state index in [0.717, 1.165) is 0 Å². The molecule has 42 heavy (non-hydrogen) atoms. The van der Waals surface area contributed by atoms with Crippen LogP contribution in [0.3, 0.4) is 0 Å². The standard InChI is InChI=1S/C32H34F2N2O6/c1-4-18-11-21(33)12-19(5-2)30(18)35-28(37)16-36-15-24(20-7-10-26-27(13-20)42-17-41-26)29(32(38)39)31(36)23-9-8-22(40-6-3)14-25(23)34/h7-14,24,29,31H,4-6,15-17H2,1-3H3,(H,35,37)(H,38,39)/t24-,29-,31+/m1/s1. The lowest BCUT2D eigenvalue weighted by Crippen LogP contribution is -2.36. The molecule has 1 saturated heterocycles. The second-order valence-electron chi connectivity index (χ2n) is 10.4. The van der Waals surface area contributed by atoms with Gasteiger partial charge < -0.3 is 24.6 Å². The van der Waals surface area contributed by atoms with Crippen LogP contribution in [0.2, 0.25) is 0 Å². The Kier molecular flexibility index (Phi) is 8.63. The van der Waals surface area contributed by atoms with E-state index >= 15 is 4.39 Å². The molecule has 1 fully saturated rings. The van der Waals surface area contributed by atoms with Gasteiger partial charge in [-0.05, 0) is 66.8 Å². The van der Waals surface area contributed by atoms with E-state index in [9.17, 15) is 19.1 Å². The smallest absolute Gasteiger partial charge is 0.309 e. The predicted molar refractivity (Wildman–Crippen MR) is 152 cm³/mol. The van der Waals surface area contributed by atoms with Gasteiger partial charge in [-0.3, -0.25) is 14.5 Å². The zero-order valence-corrected chi connectivity index (χ0v) is 23.8. The number of ether oxygens (including phenoxy) is 3. The summed E-state index contributed by atoms with van der Waals surface area (Å²) in [5, 5.41) is 13.4. The number of carbonyl (C=O) groups is 2. The molecule has 0 saturated carbocycles. The molecule has 0 aliphatic carbocycles. The van der Waals surface area contributed by atoms with Gasteiger partial charge in [0.05, 0.1) is 25.1 Å². The van der Waals surface area contributed by atoms with E-state index in [0.29, 0.717) is 59.1 Å². The Labute approximate surface area is 243 Å². The summed E-state index contributed by atoms with van der Waals surface area (Å²) in [6.07, 6.45) is 1.02. The van der Waals surface area contributed by atoms with Crippen molar-refractivity contribution < 1.29 is 37.7 Å². The lowest BCUT2D eigenvalue weighted by molar-refractivity contribution is -0.143. The minimum Gasteiger partial charge on any atom is -0.494 e. The fourth-order valence-electron chi connectivity index (χ4n) is 6.05. The molecule has 3 aromatic carbocycles. The van der Waals surface area contributed by atoms with Crippen LogP contribution >= 0.6 is 0 Å². The molecule has 0 aromatic heterocycles. The third-order valence-corrected chi connectivity index (χ3v) is 7.95. The van der Waals surface area contributed by atoms with Crippen molar-refractivity contribution in [3.63, 3.8) is 0 Å². The van der Waals surface area contributed by atoms with Crippen LogP contribution in [-0.4, -0.2) is 48.4 Å². The Bertz CT molecular complexity index is 1470. The number of carboxylic acids is 1. The zero-order valence-electron chi connectivity index (χ0n) is 23.8. The van der Waals surface area contributed by atoms with Gasteiger partial charge in [0.1, 0.15) is 17.4 Å². The van der Waals surface area contributed by atoms with Crippen LogP contribution in [0.1, 0.15) is 55.0 Å². The van der Waals surface area contributed by atoms with Crippen LogP contribution < -0.4 is 19.5 Å². The molecule has 3 atom stereocenters. The number of nitrogens with zero attached hydrogens (tertiary/aromatic N) is 1. The van der Waals surface area contributed by atoms with Crippen molar-refractivity contribution in [2.75, 3.05) is 31.8 Å². The second kappa shape index (κ2) is 12.4. The molecule has 2 aliphatic rings. The normalized spacial score (nSPS) is 19.6. The topological polar surface area (TPSA) is 97.3 Å². The van der Waals surface area contributed by atoms with Crippen molar-refractivity contribution in [1.29, 1.82) is 0 Å². The summed E-state index contributed by atoms with van der Waals surface area (Å²) in [5.74, 6) is -2.76. The third-order valence-electron chi connectivity index (χ3n) is 7.95. The maximum absolute atomic E-state index is 15.6. The molecule has 0 radical (unpaired) electrons. The molecule has 8 nitrogen and oxygen atoms in total. The maximum atomic E-state index is 15.6. The van der Waals surface area contributed by atoms with Gasteiger partial charge in [0.15, 0.2) is 11.5 Å². The number of likely N-dealkylation sites (tertiary alicyclic amines) is 1. The molecule has 222 valence electrons. The number of carboxylic acid groups (broad SMARTS) is 1. The monoisotopic (exact) mass is 580 g/mol. The minimum atomic E-state index is -1.11. The van der Waals surface area contributed by atoms with Crippen LogP contribution in [0.5, 0.6) is 17.2 Å². The van der Waals surface area contributed by atoms with Crippen molar-refractivity contribution in [2.45, 2.75) is 45.6 Å². The number of hydrogen-bond donors (Lipinski definition) is 2. The number of rotatable bonds is 10. The number of hydrogen-bond acceptors (Lipinski definition) is 6. The van der Waals surface area contributed by atoms with E-state index in [1.807, 2.05) is 13.8 Å². The molecule has 2 heterocycles. The summed E-state index contributed by atoms with van der Waals surface area (Å²) in [5.41, 5.74) is 2.73. The number of fused-ring (bicyclic) bond motifs is 1. The average Bonchev–Trinajstić information content (AvgIpc) is 3.58. The minimum absolute atomic E-state index is 0.0704. The Morgan fingerprint density at radius 3 is 2.36 bits per heavy atom. The number of anilines is 1. The van der Waals surface area contributed by atoms with Gasteiger partial charge in [0, 0.05) is 29.8 Å². The Morgan fingerprint density at radius 1 is 1.00 bits per heavy atom. The number of amides is 1. The van der Waals surface area contributed by atoms with Crippen molar-refractivity contribution in [2.24, 2.45) is 5.92 Å². The summed E-state index contributed by atoms with van der Waals surface area (Å²) in [7, 11) is 0. The van der Waals surface area contributed by atoms with Crippen LogP contribution in [0.15, 0.2) is 48.5 Å². The number of benzene rings is 3. The van der Waals surface area contributed by atoms with Crippen molar-refractivity contribution in [3.05, 3.63) is 82.4 Å². The van der Waals surface area contributed by atoms with E-state index in [1.54, 1.807) is 36.1 Å². The Morgan fingerprint density at radius 2 is 1.71 bits per heavy atom. The first-order valence-electron chi connectivity index (χ1n) is 14.1. The van der Waals surface area contributed by atoms with Gasteiger partial charge in [-0.2, -0.15) is 0 Å². The van der Waals surface area contributed by atoms with E-state index in [2.05, 4.69) is 5.32 Å². The molecule has 2 N–H and O–H groups in total. The summed E-state index contributed by atoms with van der Waals surface area (Å²) in [6.45, 7) is 5.93. The largest absolute Gasteiger partial charge is 0.494 e. The van der Waals surface area contributed by atoms with Gasteiger partial charge in [-0.15, -0.1) is 0 Å². The average molecular weight is 581 g/mol. The molecular formula is C32H34F2N2O6. The first-order valence-corrected chi connectivity index (χ1v) is 14.1. The van der Waals surface area contributed by atoms with Gasteiger partial charge >= 0.3 is 5.97 Å². The third kappa shape index (κ3) is 5.76. The maximum Gasteiger partial charge on any atom is 0.309 e. The van der Waals surface area contributed by atoms with Crippen molar-refractivity contribution in [3.8, 4) is 17.2 Å². The fourth-order valence-corrected chi connectivity index (χ4v) is 6.05. The van der Waals surface area contributed by atoms with Crippen LogP contribution in [-0.2, 0) is 22.4 Å². The molecule has 0 spiro atoms. The first kappa shape index (κ1) is 29.3. The highest BCUT2D eigenvalue weighted by molar-refractivity contribution is 5.94. The van der Waals surface area contributed by atoms with E-state index in [4.69, 9.17) is 14.2 Å². The highest BCUT2D eigenvalue weighted by Gasteiger charge is 2.49. The molecule has 1 amide bonds. The van der Waals surface area contributed by atoms with Gasteiger partial charge in [-0.25, -0.2) is 8.78 Å². The summed E-state index contributed by atoms with van der Waals surface area (Å²) < 4.78 is 46.1. The molecule has 5 rings (SSSR count). The van der Waals surface area contributed by atoms with Crippen LogP contribution in [0.4, 0.5) is 14.5 Å². The van der Waals surface area contributed by atoms with E-state index in [-0.39, 0.29) is 31.3 Å². The Hall–Kier alpha value is -4.18. The molecule has 0 unspecified atom stereocenters. The fraction of sp³-hybridized carbons (Fsp3) is 0.375. The first-order chi connectivity index (χ1) is 20.2. The molecule has 3 aromatic rings. The highest BCUT2D eigenvalue weighted by Crippen LogP contribution is 2.48. The second-order valence-corrected chi connectivity index (χ2v) is 10.4. The Balaban J connectivity index is 1.52. The van der Waals surface area contributed by atoms with Crippen molar-refractivity contribution >= 4 is 17.6 Å². The summed E-state index contributed by atoms with van der Waals surface area (Å²) in [6, 6.07) is 11.5. The predicted octanol–water partition coefficient (Wildman–Crippen LogP) is 5.70. The number of halogens is 2. The number of aryl methyl sites for hydroxylation is 2. The molecule has 0 bridgehead atoms. The van der Waals surface area contributed by atoms with Gasteiger partial charge in [-0.1, -0.05) is 26.0 Å². The van der Waals surface area contributed by atoms with E-state index in [1.165, 1.54) is 24.3 Å². The lowest BCUT2D eigenvalue weighted by atomic mass is 9.82. The molecule has 2 aliphatic heterocycles. The number of aliphatic carboxylic acids is 1. The summed E-state index contributed by atoms with van der Waals surface area (Å²) >= 11 is 0. The van der Waals surface area contributed by atoms with E-state index < -0.39 is 35.6 Å². The van der Waals surface area contributed by atoms with Crippen LogP contribution in [0, 0.1) is 17.6 Å². The van der Waals surface area contributed by atoms with Crippen molar-refractivity contribution in [1.82, 2.24) is 4.90 Å². The number of carbonyl (C=O) groups excluding carboxylic acids is 1. The number of nitrogens with one attached hydrogen (secondary N) is 1. The SMILES string of the molecule is CCOc1ccc([C@H]2[C@H](C(=O)O)[C@@H](c3ccc4c(c3)OCO4)CN2CC(=O)Nc2c(CC)cc(F)cc2CC)c(F)c1. The highest BCUT2D eigenvalue weighted by atomic mass is 19.1. The molecule has 10 heteroatoms. The van der Waals surface area contributed by atoms with Gasteiger partial charge in [0.2, 0.25) is 12.7 Å². The quantitative estimate of drug-likeness (QED) is 0.318. The lowest BCUT2D eigenvalue weighted by Gasteiger charge is -2.27. The summed E-state index contributed by atoms with van der Waals surface area (Å²) in [4.78, 5) is 28.1. The molecular weight excluding hydrogens is 546 g/mol.